The maximum Gasteiger partial charge on any atom is 0.281 e. The van der Waals surface area contributed by atoms with Gasteiger partial charge in [-0.15, -0.1) is 0 Å². The Morgan fingerprint density at radius 3 is 2.85 bits per heavy atom. The predicted octanol–water partition coefficient (Wildman–Crippen LogP) is 4.21. The summed E-state index contributed by atoms with van der Waals surface area (Å²) in [7, 11) is 0. The molecule has 1 atom stereocenters. The minimum absolute atomic E-state index is 0.277. The molecule has 5 aromatic rings. The van der Waals surface area contributed by atoms with Gasteiger partial charge < -0.3 is 10.3 Å². The molecule has 2 aromatic carbocycles. The molecule has 0 aliphatic carbocycles. The molecule has 1 unspecified atom stereocenters. The Morgan fingerprint density at radius 2 is 2.03 bits per heavy atom. The molecular formula is C22H18ClFN8O. The molecule has 0 saturated carbocycles. The number of aromatic amines is 1. The number of imidazole rings is 1. The summed E-state index contributed by atoms with van der Waals surface area (Å²) in [5.41, 5.74) is 5.47. The monoisotopic (exact) mass is 464 g/mol. The molecule has 0 aliphatic rings. The van der Waals surface area contributed by atoms with Crippen molar-refractivity contribution in [1.82, 2.24) is 29.6 Å². The number of anilines is 2. The number of fused-ring (bicyclic) bond motifs is 2. The molecule has 9 nitrogen and oxygen atoms in total. The molecule has 0 bridgehead atoms. The van der Waals surface area contributed by atoms with Crippen molar-refractivity contribution in [2.24, 2.45) is 0 Å². The number of hydrogen-bond acceptors (Lipinski definition) is 7. The van der Waals surface area contributed by atoms with Crippen molar-refractivity contribution in [3.8, 4) is 0 Å². The zero-order valence-corrected chi connectivity index (χ0v) is 18.4. The predicted molar refractivity (Wildman–Crippen MR) is 125 cm³/mol. The van der Waals surface area contributed by atoms with Crippen LogP contribution in [0.4, 0.5) is 15.9 Å². The maximum atomic E-state index is 13.6. The van der Waals surface area contributed by atoms with E-state index in [2.05, 4.69) is 30.7 Å². The van der Waals surface area contributed by atoms with E-state index in [9.17, 15) is 9.18 Å². The Labute approximate surface area is 191 Å². The quantitative estimate of drug-likeness (QED) is 0.357. The number of aryl methyl sites for hydroxylation is 1. The van der Waals surface area contributed by atoms with Crippen LogP contribution in [0.15, 0.2) is 53.8 Å². The van der Waals surface area contributed by atoms with E-state index in [1.165, 1.54) is 29.5 Å². The summed E-state index contributed by atoms with van der Waals surface area (Å²) in [6.45, 7) is 3.59. The first-order valence-electron chi connectivity index (χ1n) is 10.1. The summed E-state index contributed by atoms with van der Waals surface area (Å²) in [5, 5.41) is 3.82. The fourth-order valence-electron chi connectivity index (χ4n) is 3.62. The van der Waals surface area contributed by atoms with Gasteiger partial charge in [0.25, 0.3) is 5.56 Å². The van der Waals surface area contributed by atoms with Gasteiger partial charge in [-0.3, -0.25) is 10.2 Å². The minimum atomic E-state index is -0.482. The highest BCUT2D eigenvalue weighted by molar-refractivity contribution is 6.35. The average molecular weight is 465 g/mol. The highest BCUT2D eigenvalue weighted by atomic mass is 35.5. The van der Waals surface area contributed by atoms with Crippen LogP contribution < -0.4 is 16.3 Å². The molecule has 5 rings (SSSR count). The number of nitrogens with zero attached hydrogens (tertiary/aromatic N) is 5. The van der Waals surface area contributed by atoms with Crippen molar-refractivity contribution >= 4 is 45.2 Å². The van der Waals surface area contributed by atoms with Gasteiger partial charge in [0.1, 0.15) is 17.7 Å². The SMILES string of the molecule is Cc1cc(F)ccc1Nn1c(C(C)Nc2ncnc3[nH]cnc23)nc2cccc(Cl)c2c1=O. The third-order valence-electron chi connectivity index (χ3n) is 5.25. The Morgan fingerprint density at radius 1 is 1.18 bits per heavy atom. The zero-order valence-electron chi connectivity index (χ0n) is 17.6. The molecule has 33 heavy (non-hydrogen) atoms. The van der Waals surface area contributed by atoms with Crippen molar-refractivity contribution < 1.29 is 4.39 Å². The van der Waals surface area contributed by atoms with Gasteiger partial charge in [-0.05, 0) is 49.7 Å². The fourth-order valence-corrected chi connectivity index (χ4v) is 3.87. The first-order chi connectivity index (χ1) is 15.9. The van der Waals surface area contributed by atoms with Gasteiger partial charge in [-0.2, -0.15) is 0 Å². The molecule has 0 amide bonds. The number of benzene rings is 2. The zero-order chi connectivity index (χ0) is 23.1. The number of nitrogens with one attached hydrogen (secondary N) is 3. The Bertz CT molecular complexity index is 1560. The van der Waals surface area contributed by atoms with Gasteiger partial charge >= 0.3 is 0 Å². The molecule has 0 aliphatic heterocycles. The summed E-state index contributed by atoms with van der Waals surface area (Å²) in [6.07, 6.45) is 2.94. The summed E-state index contributed by atoms with van der Waals surface area (Å²) in [5.74, 6) is 0.492. The number of aromatic nitrogens is 6. The van der Waals surface area contributed by atoms with E-state index in [-0.39, 0.29) is 21.8 Å². The smallest absolute Gasteiger partial charge is 0.281 e. The second kappa shape index (κ2) is 8.14. The molecular weight excluding hydrogens is 447 g/mol. The Balaban J connectivity index is 1.65. The van der Waals surface area contributed by atoms with E-state index in [0.717, 1.165) is 0 Å². The minimum Gasteiger partial charge on any atom is -0.358 e. The third-order valence-corrected chi connectivity index (χ3v) is 5.57. The van der Waals surface area contributed by atoms with Gasteiger partial charge in [0.15, 0.2) is 17.3 Å². The van der Waals surface area contributed by atoms with Gasteiger partial charge in [0.2, 0.25) is 0 Å². The van der Waals surface area contributed by atoms with Crippen LogP contribution in [0.1, 0.15) is 24.4 Å². The Kier molecular flexibility index (Phi) is 5.14. The highest BCUT2D eigenvalue weighted by Crippen LogP contribution is 2.25. The number of hydrogen-bond donors (Lipinski definition) is 3. The first-order valence-corrected chi connectivity index (χ1v) is 10.4. The fraction of sp³-hybridized carbons (Fsp3) is 0.136. The van der Waals surface area contributed by atoms with E-state index in [4.69, 9.17) is 16.6 Å². The lowest BCUT2D eigenvalue weighted by Gasteiger charge is -2.21. The van der Waals surface area contributed by atoms with Crippen molar-refractivity contribution in [2.75, 3.05) is 10.7 Å². The first kappa shape index (κ1) is 20.8. The van der Waals surface area contributed by atoms with Crippen molar-refractivity contribution in [2.45, 2.75) is 19.9 Å². The van der Waals surface area contributed by atoms with Crippen molar-refractivity contribution in [3.63, 3.8) is 0 Å². The van der Waals surface area contributed by atoms with Gasteiger partial charge in [-0.1, -0.05) is 17.7 Å². The van der Waals surface area contributed by atoms with Crippen LogP contribution in [0, 0.1) is 12.7 Å². The summed E-state index contributed by atoms with van der Waals surface area (Å²) < 4.78 is 14.9. The van der Waals surface area contributed by atoms with Crippen LogP contribution in [-0.4, -0.2) is 29.6 Å². The van der Waals surface area contributed by atoms with Crippen LogP contribution in [-0.2, 0) is 0 Å². The standard InChI is InChI=1S/C22H18ClFN8O/c1-11-8-13(24)6-7-15(11)31-32-21(30-16-5-3-4-14(23)17(16)22(32)33)12(2)29-20-18-19(26-9-25-18)27-10-28-20/h3-10,12,31H,1-2H3,(H2,25,26,27,28,29). The number of H-pyrrole nitrogens is 1. The van der Waals surface area contributed by atoms with Crippen LogP contribution in [0.2, 0.25) is 5.02 Å². The molecule has 3 heterocycles. The maximum absolute atomic E-state index is 13.6. The topological polar surface area (TPSA) is 113 Å². The third kappa shape index (κ3) is 3.74. The summed E-state index contributed by atoms with van der Waals surface area (Å²) in [6, 6.07) is 8.87. The Hall–Kier alpha value is -4.05. The lowest BCUT2D eigenvalue weighted by atomic mass is 10.2. The van der Waals surface area contributed by atoms with E-state index >= 15 is 0 Å². The van der Waals surface area contributed by atoms with Crippen molar-refractivity contribution in [1.29, 1.82) is 0 Å². The average Bonchev–Trinajstić information content (AvgIpc) is 3.27. The largest absolute Gasteiger partial charge is 0.358 e. The van der Waals surface area contributed by atoms with Gasteiger partial charge in [0.05, 0.1) is 34.0 Å². The molecule has 0 saturated heterocycles. The number of rotatable bonds is 5. The second-order valence-corrected chi connectivity index (χ2v) is 7.91. The lowest BCUT2D eigenvalue weighted by Crippen LogP contribution is -2.33. The molecule has 3 aromatic heterocycles. The van der Waals surface area contributed by atoms with E-state index < -0.39 is 6.04 Å². The van der Waals surface area contributed by atoms with Crippen LogP contribution in [0.3, 0.4) is 0 Å². The lowest BCUT2D eigenvalue weighted by molar-refractivity contribution is 0.626. The summed E-state index contributed by atoms with van der Waals surface area (Å²) in [4.78, 5) is 33.8. The van der Waals surface area contributed by atoms with Crippen LogP contribution in [0.25, 0.3) is 22.1 Å². The highest BCUT2D eigenvalue weighted by Gasteiger charge is 2.20. The molecule has 11 heteroatoms. The molecule has 0 fully saturated rings. The van der Waals surface area contributed by atoms with E-state index in [1.54, 1.807) is 31.2 Å². The molecule has 166 valence electrons. The van der Waals surface area contributed by atoms with E-state index in [0.29, 0.717) is 39.6 Å². The second-order valence-electron chi connectivity index (χ2n) is 7.50. The normalized spacial score (nSPS) is 12.2. The van der Waals surface area contributed by atoms with Gasteiger partial charge in [-0.25, -0.2) is 29.0 Å². The van der Waals surface area contributed by atoms with Gasteiger partial charge in [0, 0.05) is 0 Å². The summed E-state index contributed by atoms with van der Waals surface area (Å²) >= 11 is 6.33. The van der Waals surface area contributed by atoms with Crippen molar-refractivity contribution in [3.05, 3.63) is 81.6 Å². The van der Waals surface area contributed by atoms with Crippen LogP contribution >= 0.6 is 11.6 Å². The number of halogens is 2. The molecule has 3 N–H and O–H groups in total. The van der Waals surface area contributed by atoms with E-state index in [1.807, 2.05) is 6.92 Å². The van der Waals surface area contributed by atoms with Crippen LogP contribution in [0.5, 0.6) is 0 Å². The molecule has 0 radical (unpaired) electrons. The molecule has 0 spiro atoms.